The van der Waals surface area contributed by atoms with Crippen LogP contribution in [0.1, 0.15) is 11.1 Å². The standard InChI is InChI=1S/C17H15N3/c18-12-13-5-6-15-8-10-20(17(15)11-13)9-7-14-3-1-2-4-16(14)19/h1-6,8,10-11H,7,9,19H2. The van der Waals surface area contributed by atoms with Crippen molar-refractivity contribution in [3.05, 3.63) is 65.9 Å². The largest absolute Gasteiger partial charge is 0.399 e. The van der Waals surface area contributed by atoms with Gasteiger partial charge in [-0.25, -0.2) is 0 Å². The van der Waals surface area contributed by atoms with E-state index in [9.17, 15) is 0 Å². The molecular weight excluding hydrogens is 246 g/mol. The SMILES string of the molecule is N#Cc1ccc2ccn(CCc3ccccc3N)c2c1. The summed E-state index contributed by atoms with van der Waals surface area (Å²) in [4.78, 5) is 0. The van der Waals surface area contributed by atoms with Crippen molar-refractivity contribution < 1.29 is 0 Å². The van der Waals surface area contributed by atoms with Crippen molar-refractivity contribution in [2.75, 3.05) is 5.73 Å². The zero-order chi connectivity index (χ0) is 13.9. The molecule has 0 bridgehead atoms. The Balaban J connectivity index is 1.88. The van der Waals surface area contributed by atoms with Gasteiger partial charge in [-0.2, -0.15) is 5.26 Å². The fraction of sp³-hybridized carbons (Fsp3) is 0.118. The molecule has 20 heavy (non-hydrogen) atoms. The van der Waals surface area contributed by atoms with Crippen LogP contribution in [0, 0.1) is 11.3 Å². The maximum atomic E-state index is 8.99. The number of nitrogens with two attached hydrogens (primary N) is 1. The van der Waals surface area contributed by atoms with Gasteiger partial charge in [0.1, 0.15) is 0 Å². The number of aryl methyl sites for hydroxylation is 2. The second-order valence-corrected chi connectivity index (χ2v) is 4.84. The van der Waals surface area contributed by atoms with E-state index in [0.29, 0.717) is 5.56 Å². The summed E-state index contributed by atoms with van der Waals surface area (Å²) in [5, 5.41) is 10.2. The summed E-state index contributed by atoms with van der Waals surface area (Å²) in [6.07, 6.45) is 2.94. The molecule has 3 nitrogen and oxygen atoms in total. The Bertz CT molecular complexity index is 793. The van der Waals surface area contributed by atoms with Gasteiger partial charge in [0.05, 0.1) is 11.6 Å². The first kappa shape index (κ1) is 12.3. The van der Waals surface area contributed by atoms with Gasteiger partial charge in [-0.1, -0.05) is 24.3 Å². The zero-order valence-electron chi connectivity index (χ0n) is 11.1. The van der Waals surface area contributed by atoms with Crippen LogP contribution in [0.4, 0.5) is 5.69 Å². The van der Waals surface area contributed by atoms with Crippen LogP contribution in [-0.4, -0.2) is 4.57 Å². The zero-order valence-corrected chi connectivity index (χ0v) is 11.1. The molecule has 1 aromatic heterocycles. The molecule has 0 aliphatic heterocycles. The molecule has 3 aromatic rings. The van der Waals surface area contributed by atoms with Crippen LogP contribution in [-0.2, 0) is 13.0 Å². The van der Waals surface area contributed by atoms with Crippen LogP contribution in [0.2, 0.25) is 0 Å². The Labute approximate surface area is 117 Å². The van der Waals surface area contributed by atoms with E-state index in [1.165, 1.54) is 0 Å². The average Bonchev–Trinajstić information content (AvgIpc) is 2.88. The number of hydrogen-bond donors (Lipinski definition) is 1. The van der Waals surface area contributed by atoms with E-state index in [1.807, 2.05) is 36.4 Å². The average molecular weight is 261 g/mol. The lowest BCUT2D eigenvalue weighted by Gasteiger charge is -2.08. The Hall–Kier alpha value is -2.73. The number of rotatable bonds is 3. The second kappa shape index (κ2) is 5.10. The summed E-state index contributed by atoms with van der Waals surface area (Å²) in [6.45, 7) is 0.854. The van der Waals surface area contributed by atoms with Crippen LogP contribution >= 0.6 is 0 Å². The molecule has 1 heterocycles. The first-order valence-electron chi connectivity index (χ1n) is 6.60. The molecule has 0 unspecified atom stereocenters. The third-order valence-electron chi connectivity index (χ3n) is 3.58. The van der Waals surface area contributed by atoms with Crippen molar-refractivity contribution in [3.63, 3.8) is 0 Å². The minimum atomic E-state index is 0.691. The summed E-state index contributed by atoms with van der Waals surface area (Å²) in [5.74, 6) is 0. The highest BCUT2D eigenvalue weighted by molar-refractivity contribution is 5.81. The maximum absolute atomic E-state index is 8.99. The molecule has 0 aliphatic rings. The monoisotopic (exact) mass is 261 g/mol. The predicted octanol–water partition coefficient (Wildman–Crippen LogP) is 3.34. The minimum absolute atomic E-state index is 0.691. The number of aromatic nitrogens is 1. The number of nitrogen functional groups attached to an aromatic ring is 1. The summed E-state index contributed by atoms with van der Waals surface area (Å²) in [5.41, 5.74) is 9.75. The molecule has 0 saturated carbocycles. The van der Waals surface area contributed by atoms with E-state index in [0.717, 1.165) is 35.1 Å². The molecule has 98 valence electrons. The van der Waals surface area contributed by atoms with Crippen LogP contribution in [0.3, 0.4) is 0 Å². The molecule has 0 radical (unpaired) electrons. The smallest absolute Gasteiger partial charge is 0.0992 e. The highest BCUT2D eigenvalue weighted by Gasteiger charge is 2.04. The molecule has 0 fully saturated rings. The molecule has 2 N–H and O–H groups in total. The van der Waals surface area contributed by atoms with Crippen molar-refractivity contribution in [1.29, 1.82) is 5.26 Å². The molecule has 2 aromatic carbocycles. The summed E-state index contributed by atoms with van der Waals surface area (Å²) >= 11 is 0. The van der Waals surface area contributed by atoms with E-state index in [-0.39, 0.29) is 0 Å². The van der Waals surface area contributed by atoms with Crippen LogP contribution in [0.25, 0.3) is 10.9 Å². The molecule has 3 rings (SSSR count). The molecule has 0 saturated heterocycles. The van der Waals surface area contributed by atoms with E-state index >= 15 is 0 Å². The van der Waals surface area contributed by atoms with Gasteiger partial charge in [0, 0.05) is 23.9 Å². The van der Waals surface area contributed by atoms with Gasteiger partial charge in [-0.05, 0) is 41.6 Å². The Morgan fingerprint density at radius 2 is 1.95 bits per heavy atom. The number of benzene rings is 2. The molecule has 0 spiro atoms. The first-order chi connectivity index (χ1) is 9.78. The normalized spacial score (nSPS) is 10.6. The fourth-order valence-corrected chi connectivity index (χ4v) is 2.45. The van der Waals surface area contributed by atoms with Gasteiger partial charge < -0.3 is 10.3 Å². The Kier molecular flexibility index (Phi) is 3.14. The van der Waals surface area contributed by atoms with Crippen molar-refractivity contribution in [2.24, 2.45) is 0 Å². The van der Waals surface area contributed by atoms with E-state index in [2.05, 4.69) is 29.0 Å². The van der Waals surface area contributed by atoms with Crippen LogP contribution in [0.15, 0.2) is 54.7 Å². The molecule has 0 aliphatic carbocycles. The van der Waals surface area contributed by atoms with Gasteiger partial charge in [0.15, 0.2) is 0 Å². The number of hydrogen-bond acceptors (Lipinski definition) is 2. The number of fused-ring (bicyclic) bond motifs is 1. The Morgan fingerprint density at radius 1 is 1.10 bits per heavy atom. The van der Waals surface area contributed by atoms with Gasteiger partial charge in [0.2, 0.25) is 0 Å². The number of nitrogens with zero attached hydrogens (tertiary/aromatic N) is 2. The van der Waals surface area contributed by atoms with Crippen molar-refractivity contribution in [2.45, 2.75) is 13.0 Å². The Morgan fingerprint density at radius 3 is 2.75 bits per heavy atom. The highest BCUT2D eigenvalue weighted by atomic mass is 14.9. The molecule has 0 amide bonds. The van der Waals surface area contributed by atoms with E-state index in [1.54, 1.807) is 0 Å². The first-order valence-corrected chi connectivity index (χ1v) is 6.60. The summed E-state index contributed by atoms with van der Waals surface area (Å²) < 4.78 is 2.17. The van der Waals surface area contributed by atoms with Gasteiger partial charge >= 0.3 is 0 Å². The molecule has 3 heteroatoms. The summed E-state index contributed by atoms with van der Waals surface area (Å²) in [6, 6.07) is 18.0. The predicted molar refractivity (Wildman–Crippen MR) is 81.2 cm³/mol. The van der Waals surface area contributed by atoms with Gasteiger partial charge in [0.25, 0.3) is 0 Å². The molecule has 0 atom stereocenters. The van der Waals surface area contributed by atoms with E-state index < -0.39 is 0 Å². The second-order valence-electron chi connectivity index (χ2n) is 4.84. The van der Waals surface area contributed by atoms with Gasteiger partial charge in [-0.15, -0.1) is 0 Å². The summed E-state index contributed by atoms with van der Waals surface area (Å²) in [7, 11) is 0. The minimum Gasteiger partial charge on any atom is -0.399 e. The van der Waals surface area contributed by atoms with Crippen LogP contribution < -0.4 is 5.73 Å². The fourth-order valence-electron chi connectivity index (χ4n) is 2.45. The third-order valence-corrected chi connectivity index (χ3v) is 3.58. The lowest BCUT2D eigenvalue weighted by molar-refractivity contribution is 0.724. The topological polar surface area (TPSA) is 54.7 Å². The van der Waals surface area contributed by atoms with Gasteiger partial charge in [-0.3, -0.25) is 0 Å². The quantitative estimate of drug-likeness (QED) is 0.735. The van der Waals surface area contributed by atoms with E-state index in [4.69, 9.17) is 11.0 Å². The number of para-hydroxylation sites is 1. The van der Waals surface area contributed by atoms with Crippen molar-refractivity contribution in [3.8, 4) is 6.07 Å². The lowest BCUT2D eigenvalue weighted by atomic mass is 10.1. The lowest BCUT2D eigenvalue weighted by Crippen LogP contribution is -2.02. The highest BCUT2D eigenvalue weighted by Crippen LogP contribution is 2.19. The van der Waals surface area contributed by atoms with Crippen LogP contribution in [0.5, 0.6) is 0 Å². The number of nitriles is 1. The number of anilines is 1. The third kappa shape index (κ3) is 2.24. The molecular formula is C17H15N3. The van der Waals surface area contributed by atoms with Crippen molar-refractivity contribution >= 4 is 16.6 Å². The maximum Gasteiger partial charge on any atom is 0.0992 e. The van der Waals surface area contributed by atoms with Crippen molar-refractivity contribution in [1.82, 2.24) is 4.57 Å².